The minimum atomic E-state index is 0.671. The van der Waals surface area contributed by atoms with Crippen LogP contribution in [0.5, 0.6) is 0 Å². The smallest absolute Gasteiger partial charge is 0.255 e. The van der Waals surface area contributed by atoms with Gasteiger partial charge in [0, 0.05) is 18.8 Å². The van der Waals surface area contributed by atoms with Crippen molar-refractivity contribution in [2.45, 2.75) is 12.8 Å². The third-order valence-electron chi connectivity index (χ3n) is 2.94. The first kappa shape index (κ1) is 10.2. The minimum absolute atomic E-state index is 0.671. The van der Waals surface area contributed by atoms with Crippen molar-refractivity contribution < 1.29 is 0 Å². The fourth-order valence-electron chi connectivity index (χ4n) is 2.10. The molecule has 0 radical (unpaired) electrons. The van der Waals surface area contributed by atoms with Crippen molar-refractivity contribution in [2.75, 3.05) is 13.1 Å². The summed E-state index contributed by atoms with van der Waals surface area (Å²) in [4.78, 5) is 4.20. The molecule has 0 spiro atoms. The van der Waals surface area contributed by atoms with Gasteiger partial charge in [0.2, 0.25) is 0 Å². The molecule has 0 amide bonds. The SMILES string of the molecule is Brc1cnc2nnc(CC3CCNC3)n2c1. The molecule has 1 atom stereocenters. The van der Waals surface area contributed by atoms with E-state index in [1.165, 1.54) is 6.42 Å². The normalized spacial score (nSPS) is 20.7. The maximum Gasteiger partial charge on any atom is 0.255 e. The third-order valence-corrected chi connectivity index (χ3v) is 3.35. The van der Waals surface area contributed by atoms with Crippen molar-refractivity contribution in [2.24, 2.45) is 5.92 Å². The average molecular weight is 282 g/mol. The Morgan fingerprint density at radius 1 is 1.50 bits per heavy atom. The molecule has 0 bridgehead atoms. The van der Waals surface area contributed by atoms with Gasteiger partial charge in [0.1, 0.15) is 5.82 Å². The predicted octanol–water partition coefficient (Wildman–Crippen LogP) is 1.04. The van der Waals surface area contributed by atoms with E-state index in [-0.39, 0.29) is 0 Å². The first-order chi connectivity index (χ1) is 7.83. The highest BCUT2D eigenvalue weighted by Crippen LogP contribution is 2.15. The van der Waals surface area contributed by atoms with Gasteiger partial charge >= 0.3 is 0 Å². The molecule has 84 valence electrons. The minimum Gasteiger partial charge on any atom is -0.316 e. The summed E-state index contributed by atoms with van der Waals surface area (Å²) in [6, 6.07) is 0. The monoisotopic (exact) mass is 281 g/mol. The topological polar surface area (TPSA) is 55.1 Å². The van der Waals surface area contributed by atoms with Crippen molar-refractivity contribution in [3.05, 3.63) is 22.7 Å². The number of nitrogens with one attached hydrogen (secondary N) is 1. The summed E-state index contributed by atoms with van der Waals surface area (Å²) in [7, 11) is 0. The van der Waals surface area contributed by atoms with Gasteiger partial charge in [-0.15, -0.1) is 10.2 Å². The van der Waals surface area contributed by atoms with Crippen molar-refractivity contribution in [3.63, 3.8) is 0 Å². The lowest BCUT2D eigenvalue weighted by Crippen LogP contribution is -2.12. The lowest BCUT2D eigenvalue weighted by atomic mass is 10.1. The second-order valence-corrected chi connectivity index (χ2v) is 5.04. The van der Waals surface area contributed by atoms with E-state index < -0.39 is 0 Å². The molecule has 1 aliphatic rings. The molecule has 6 heteroatoms. The molecule has 1 fully saturated rings. The van der Waals surface area contributed by atoms with Gasteiger partial charge in [-0.1, -0.05) is 0 Å². The standard InChI is InChI=1S/C10H12BrN5/c11-8-5-13-10-15-14-9(16(10)6-8)3-7-1-2-12-4-7/h5-7,12H,1-4H2. The number of nitrogens with zero attached hydrogens (tertiary/aromatic N) is 4. The van der Waals surface area contributed by atoms with Crippen molar-refractivity contribution >= 4 is 21.7 Å². The van der Waals surface area contributed by atoms with Gasteiger partial charge in [0.15, 0.2) is 0 Å². The maximum absolute atomic E-state index is 4.20. The average Bonchev–Trinajstić information content (AvgIpc) is 2.90. The third kappa shape index (κ3) is 1.82. The highest BCUT2D eigenvalue weighted by molar-refractivity contribution is 9.10. The predicted molar refractivity (Wildman–Crippen MR) is 63.2 cm³/mol. The Bertz CT molecular complexity index is 503. The first-order valence-corrected chi connectivity index (χ1v) is 6.18. The summed E-state index contributed by atoms with van der Waals surface area (Å²) in [5.41, 5.74) is 0. The summed E-state index contributed by atoms with van der Waals surface area (Å²) < 4.78 is 2.91. The molecule has 0 saturated carbocycles. The van der Waals surface area contributed by atoms with E-state index in [2.05, 4.69) is 36.4 Å². The second kappa shape index (κ2) is 4.10. The molecular formula is C10H12BrN5. The quantitative estimate of drug-likeness (QED) is 0.894. The van der Waals surface area contributed by atoms with Gasteiger partial charge in [-0.2, -0.15) is 0 Å². The number of halogens is 1. The zero-order valence-electron chi connectivity index (χ0n) is 8.73. The van der Waals surface area contributed by atoms with Crippen LogP contribution < -0.4 is 5.32 Å². The van der Waals surface area contributed by atoms with Gasteiger partial charge < -0.3 is 5.32 Å². The van der Waals surface area contributed by atoms with Crippen LogP contribution in [0.4, 0.5) is 0 Å². The van der Waals surface area contributed by atoms with E-state index in [0.717, 1.165) is 29.8 Å². The molecule has 5 nitrogen and oxygen atoms in total. The van der Waals surface area contributed by atoms with Gasteiger partial charge in [-0.25, -0.2) is 4.98 Å². The van der Waals surface area contributed by atoms with E-state index in [1.807, 2.05) is 10.6 Å². The van der Waals surface area contributed by atoms with E-state index in [9.17, 15) is 0 Å². The number of rotatable bonds is 2. The molecule has 1 N–H and O–H groups in total. The zero-order valence-corrected chi connectivity index (χ0v) is 10.3. The van der Waals surface area contributed by atoms with Crippen LogP contribution in [0.15, 0.2) is 16.9 Å². The van der Waals surface area contributed by atoms with Crippen LogP contribution in [0.3, 0.4) is 0 Å². The number of hydrogen-bond acceptors (Lipinski definition) is 4. The summed E-state index contributed by atoms with van der Waals surface area (Å²) in [5, 5.41) is 11.6. The molecule has 0 aliphatic carbocycles. The highest BCUT2D eigenvalue weighted by Gasteiger charge is 2.18. The molecular weight excluding hydrogens is 270 g/mol. The van der Waals surface area contributed by atoms with E-state index in [1.54, 1.807) is 6.20 Å². The van der Waals surface area contributed by atoms with Crippen LogP contribution in [0.1, 0.15) is 12.2 Å². The fraction of sp³-hybridized carbons (Fsp3) is 0.500. The molecule has 3 heterocycles. The Labute approximate surface area is 101 Å². The number of fused-ring (bicyclic) bond motifs is 1. The lowest BCUT2D eigenvalue weighted by Gasteiger charge is -2.05. The van der Waals surface area contributed by atoms with E-state index in [0.29, 0.717) is 11.7 Å². The fourth-order valence-corrected chi connectivity index (χ4v) is 2.40. The van der Waals surface area contributed by atoms with Crippen LogP contribution in [-0.2, 0) is 6.42 Å². The van der Waals surface area contributed by atoms with Gasteiger partial charge in [0.25, 0.3) is 5.78 Å². The van der Waals surface area contributed by atoms with E-state index in [4.69, 9.17) is 0 Å². The van der Waals surface area contributed by atoms with Gasteiger partial charge in [-0.3, -0.25) is 4.40 Å². The van der Waals surface area contributed by atoms with Crippen molar-refractivity contribution in [1.29, 1.82) is 0 Å². The lowest BCUT2D eigenvalue weighted by molar-refractivity contribution is 0.558. The number of aromatic nitrogens is 4. The molecule has 2 aromatic heterocycles. The van der Waals surface area contributed by atoms with Crippen LogP contribution >= 0.6 is 15.9 Å². The number of hydrogen-bond donors (Lipinski definition) is 1. The Kier molecular flexibility index (Phi) is 2.61. The van der Waals surface area contributed by atoms with Gasteiger partial charge in [-0.05, 0) is 41.4 Å². The molecule has 1 unspecified atom stereocenters. The second-order valence-electron chi connectivity index (χ2n) is 4.12. The van der Waals surface area contributed by atoms with E-state index >= 15 is 0 Å². The maximum atomic E-state index is 4.20. The molecule has 16 heavy (non-hydrogen) atoms. The summed E-state index contributed by atoms with van der Waals surface area (Å²) in [6.45, 7) is 2.19. The molecule has 1 aliphatic heterocycles. The molecule has 0 aromatic carbocycles. The van der Waals surface area contributed by atoms with Crippen LogP contribution in [0, 0.1) is 5.92 Å². The Morgan fingerprint density at radius 3 is 3.25 bits per heavy atom. The highest BCUT2D eigenvalue weighted by atomic mass is 79.9. The summed E-state index contributed by atoms with van der Waals surface area (Å²) in [6.07, 6.45) is 5.90. The van der Waals surface area contributed by atoms with Crippen LogP contribution in [-0.4, -0.2) is 32.7 Å². The Balaban J connectivity index is 1.93. The zero-order chi connectivity index (χ0) is 11.0. The largest absolute Gasteiger partial charge is 0.316 e. The molecule has 3 rings (SSSR count). The van der Waals surface area contributed by atoms with Crippen molar-refractivity contribution in [3.8, 4) is 0 Å². The molecule has 2 aromatic rings. The summed E-state index contributed by atoms with van der Waals surface area (Å²) >= 11 is 3.41. The van der Waals surface area contributed by atoms with Gasteiger partial charge in [0.05, 0.1) is 4.47 Å². The molecule has 1 saturated heterocycles. The van der Waals surface area contributed by atoms with Crippen molar-refractivity contribution in [1.82, 2.24) is 24.9 Å². The Hall–Kier alpha value is -1.01. The van der Waals surface area contributed by atoms with Crippen LogP contribution in [0.2, 0.25) is 0 Å². The Morgan fingerprint density at radius 2 is 2.44 bits per heavy atom. The van der Waals surface area contributed by atoms with Crippen LogP contribution in [0.25, 0.3) is 5.78 Å². The first-order valence-electron chi connectivity index (χ1n) is 5.39. The summed E-state index contributed by atoms with van der Waals surface area (Å²) in [5.74, 6) is 2.34.